The van der Waals surface area contributed by atoms with E-state index in [1.807, 2.05) is 6.07 Å². The highest BCUT2D eigenvalue weighted by Gasteiger charge is 2.61. The van der Waals surface area contributed by atoms with Crippen molar-refractivity contribution in [3.63, 3.8) is 0 Å². The fourth-order valence-electron chi connectivity index (χ4n) is 4.32. The molecule has 0 aliphatic heterocycles. The fourth-order valence-corrected chi connectivity index (χ4v) is 5.05. The fraction of sp³-hybridized carbons (Fsp3) is 0.647. The number of amides is 1. The smallest absolute Gasteiger partial charge is 0.251 e. The van der Waals surface area contributed by atoms with Crippen LogP contribution in [-0.4, -0.2) is 17.7 Å². The summed E-state index contributed by atoms with van der Waals surface area (Å²) < 4.78 is 0.805. The van der Waals surface area contributed by atoms with Gasteiger partial charge in [0.05, 0.1) is 5.75 Å². The molecule has 2 fully saturated rings. The second-order valence-corrected chi connectivity index (χ2v) is 8.38. The average Bonchev–Trinajstić information content (AvgIpc) is 2.80. The maximum Gasteiger partial charge on any atom is 0.251 e. The number of hydrogen-bond donors (Lipinski definition) is 1. The van der Waals surface area contributed by atoms with Crippen LogP contribution in [0.5, 0.6) is 0 Å². The lowest BCUT2D eigenvalue weighted by molar-refractivity contribution is -0.645. The second kappa shape index (κ2) is 5.44. The summed E-state index contributed by atoms with van der Waals surface area (Å²) in [6, 6.07) is 5.51. The Balaban J connectivity index is 1.59. The monoisotopic (exact) mass is 320 g/mol. The molecule has 3 atom stereocenters. The lowest BCUT2D eigenvalue weighted by Crippen LogP contribution is -2.47. The SMILES string of the molecule is CC1(C)[C@H]2CC[C@@]1(C)[C@@H](NC(=O)CSc1cccc[n+]1[O-])C2. The van der Waals surface area contributed by atoms with Crippen molar-refractivity contribution < 1.29 is 9.52 Å². The quantitative estimate of drug-likeness (QED) is 0.527. The molecule has 0 saturated heterocycles. The Labute approximate surface area is 136 Å². The van der Waals surface area contributed by atoms with Crippen LogP contribution in [0.2, 0.25) is 0 Å². The Morgan fingerprint density at radius 3 is 2.82 bits per heavy atom. The predicted molar refractivity (Wildman–Crippen MR) is 87.3 cm³/mol. The first-order valence-electron chi connectivity index (χ1n) is 7.95. The summed E-state index contributed by atoms with van der Waals surface area (Å²) in [6.07, 6.45) is 5.03. The Morgan fingerprint density at radius 2 is 2.23 bits per heavy atom. The number of fused-ring (bicyclic) bond motifs is 2. The van der Waals surface area contributed by atoms with E-state index in [4.69, 9.17) is 0 Å². The molecule has 1 aromatic heterocycles. The molecule has 2 bridgehead atoms. The number of carbonyl (C=O) groups excluding carboxylic acids is 1. The summed E-state index contributed by atoms with van der Waals surface area (Å²) in [5.41, 5.74) is 0.499. The molecule has 1 N–H and O–H groups in total. The first kappa shape index (κ1) is 15.7. The molecule has 4 nitrogen and oxygen atoms in total. The summed E-state index contributed by atoms with van der Waals surface area (Å²) >= 11 is 1.30. The molecular formula is C17H24N2O2S. The first-order chi connectivity index (χ1) is 10.3. The van der Waals surface area contributed by atoms with Crippen LogP contribution in [0.3, 0.4) is 0 Å². The van der Waals surface area contributed by atoms with Crippen molar-refractivity contribution >= 4 is 17.7 Å². The van der Waals surface area contributed by atoms with Gasteiger partial charge in [-0.05, 0) is 53.8 Å². The number of rotatable bonds is 4. The van der Waals surface area contributed by atoms with Gasteiger partial charge in [0.15, 0.2) is 6.20 Å². The Morgan fingerprint density at radius 1 is 1.45 bits per heavy atom. The minimum atomic E-state index is 0.0310. The molecule has 1 aromatic rings. The van der Waals surface area contributed by atoms with E-state index < -0.39 is 0 Å². The molecule has 3 rings (SSSR count). The topological polar surface area (TPSA) is 56.0 Å². The third-order valence-electron chi connectivity index (χ3n) is 6.27. The van der Waals surface area contributed by atoms with Crippen molar-refractivity contribution in [2.75, 3.05) is 5.75 Å². The van der Waals surface area contributed by atoms with Crippen molar-refractivity contribution in [3.8, 4) is 0 Å². The normalized spacial score (nSPS) is 32.1. The third kappa shape index (κ3) is 2.39. The molecule has 0 radical (unpaired) electrons. The number of pyridine rings is 1. The minimum Gasteiger partial charge on any atom is -0.618 e. The standard InChI is InChI=1S/C17H24N2O2S/c1-16(2)12-7-8-17(16,3)13(10-12)18-14(20)11-22-15-6-4-5-9-19(15)21/h4-6,9,12-13H,7-8,10-11H2,1-3H3,(H,18,20)/t12-,13-,17-/m0/s1. The molecule has 120 valence electrons. The van der Waals surface area contributed by atoms with Crippen LogP contribution in [0.15, 0.2) is 29.4 Å². The zero-order valence-corrected chi connectivity index (χ0v) is 14.3. The van der Waals surface area contributed by atoms with E-state index in [9.17, 15) is 10.0 Å². The van der Waals surface area contributed by atoms with Crippen molar-refractivity contribution in [1.82, 2.24) is 5.32 Å². The van der Waals surface area contributed by atoms with Gasteiger partial charge in [-0.1, -0.05) is 20.8 Å². The van der Waals surface area contributed by atoms with Crippen LogP contribution in [-0.2, 0) is 4.79 Å². The highest BCUT2D eigenvalue weighted by atomic mass is 32.2. The third-order valence-corrected chi connectivity index (χ3v) is 7.29. The largest absolute Gasteiger partial charge is 0.618 e. The number of nitrogens with zero attached hydrogens (tertiary/aromatic N) is 1. The predicted octanol–water partition coefficient (Wildman–Crippen LogP) is 2.74. The maximum atomic E-state index is 12.3. The number of nitrogens with one attached hydrogen (secondary N) is 1. The number of aromatic nitrogens is 1. The van der Waals surface area contributed by atoms with E-state index in [-0.39, 0.29) is 17.4 Å². The van der Waals surface area contributed by atoms with E-state index in [1.54, 1.807) is 12.1 Å². The highest BCUT2D eigenvalue weighted by Crippen LogP contribution is 2.65. The zero-order valence-electron chi connectivity index (χ0n) is 13.5. The molecule has 2 aliphatic carbocycles. The minimum absolute atomic E-state index is 0.0310. The van der Waals surface area contributed by atoms with Crippen molar-refractivity contribution in [3.05, 3.63) is 29.6 Å². The molecule has 1 heterocycles. The van der Waals surface area contributed by atoms with Gasteiger partial charge in [0.25, 0.3) is 5.03 Å². The van der Waals surface area contributed by atoms with Crippen molar-refractivity contribution in [1.29, 1.82) is 0 Å². The first-order valence-corrected chi connectivity index (χ1v) is 8.93. The van der Waals surface area contributed by atoms with Gasteiger partial charge >= 0.3 is 0 Å². The van der Waals surface area contributed by atoms with E-state index >= 15 is 0 Å². The molecule has 0 spiro atoms. The summed E-state index contributed by atoms with van der Waals surface area (Å²) in [5, 5.41) is 15.4. The molecular weight excluding hydrogens is 296 g/mol. The van der Waals surface area contributed by atoms with Crippen molar-refractivity contribution in [2.24, 2.45) is 16.7 Å². The van der Waals surface area contributed by atoms with Gasteiger partial charge in [-0.25, -0.2) is 0 Å². The van der Waals surface area contributed by atoms with Crippen LogP contribution >= 0.6 is 11.8 Å². The van der Waals surface area contributed by atoms with Crippen LogP contribution in [0.1, 0.15) is 40.0 Å². The van der Waals surface area contributed by atoms with Gasteiger partial charge in [-0.3, -0.25) is 4.79 Å². The summed E-state index contributed by atoms with van der Waals surface area (Å²) in [5.74, 6) is 1.04. The van der Waals surface area contributed by atoms with E-state index in [0.29, 0.717) is 22.1 Å². The highest BCUT2D eigenvalue weighted by molar-refractivity contribution is 7.99. The van der Waals surface area contributed by atoms with E-state index in [1.165, 1.54) is 30.8 Å². The van der Waals surface area contributed by atoms with E-state index in [2.05, 4.69) is 26.1 Å². The van der Waals surface area contributed by atoms with Gasteiger partial charge in [0.1, 0.15) is 0 Å². The summed E-state index contributed by atoms with van der Waals surface area (Å²) in [6.45, 7) is 7.01. The van der Waals surface area contributed by atoms with Gasteiger partial charge in [0.2, 0.25) is 5.91 Å². The summed E-state index contributed by atoms with van der Waals surface area (Å²) in [4.78, 5) is 12.3. The molecule has 5 heteroatoms. The van der Waals surface area contributed by atoms with Crippen LogP contribution in [0, 0.1) is 22.0 Å². The van der Waals surface area contributed by atoms with Gasteiger partial charge in [-0.2, -0.15) is 4.73 Å². The number of hydrogen-bond acceptors (Lipinski definition) is 3. The molecule has 2 aliphatic rings. The zero-order chi connectivity index (χ0) is 16.0. The van der Waals surface area contributed by atoms with Crippen LogP contribution in [0.4, 0.5) is 0 Å². The van der Waals surface area contributed by atoms with Gasteiger partial charge in [-0.15, -0.1) is 0 Å². The molecule has 1 amide bonds. The van der Waals surface area contributed by atoms with Crippen LogP contribution < -0.4 is 10.0 Å². The molecule has 0 unspecified atom stereocenters. The number of carbonyl (C=O) groups is 1. The average molecular weight is 320 g/mol. The maximum absolute atomic E-state index is 12.3. The van der Waals surface area contributed by atoms with Crippen LogP contribution in [0.25, 0.3) is 0 Å². The molecule has 0 aromatic carbocycles. The van der Waals surface area contributed by atoms with Crippen molar-refractivity contribution in [2.45, 2.75) is 51.1 Å². The van der Waals surface area contributed by atoms with Gasteiger partial charge < -0.3 is 10.5 Å². The Hall–Kier alpha value is -1.23. The lowest BCUT2D eigenvalue weighted by Gasteiger charge is -2.39. The number of thioether (sulfide) groups is 1. The summed E-state index contributed by atoms with van der Waals surface area (Å²) in [7, 11) is 0. The van der Waals surface area contributed by atoms with E-state index in [0.717, 1.165) is 11.2 Å². The Bertz CT molecular complexity index is 590. The second-order valence-electron chi connectivity index (χ2n) is 7.38. The molecule has 2 saturated carbocycles. The lowest BCUT2D eigenvalue weighted by atomic mass is 9.69. The Kier molecular flexibility index (Phi) is 3.87. The van der Waals surface area contributed by atoms with Gasteiger partial charge in [0, 0.05) is 18.2 Å². The molecule has 22 heavy (non-hydrogen) atoms.